The van der Waals surface area contributed by atoms with Crippen LogP contribution in [0.25, 0.3) is 0 Å². The molecule has 1 aromatic carbocycles. The van der Waals surface area contributed by atoms with E-state index in [1.807, 2.05) is 6.92 Å². The first-order valence-electron chi connectivity index (χ1n) is 5.67. The maximum absolute atomic E-state index is 11.9. The van der Waals surface area contributed by atoms with Gasteiger partial charge >= 0.3 is 0 Å². The molecule has 1 atom stereocenters. The lowest BCUT2D eigenvalue weighted by Gasteiger charge is -2.11. The monoisotopic (exact) mass is 275 g/mol. The third kappa shape index (κ3) is 4.66. The molecule has 0 aliphatic rings. The van der Waals surface area contributed by atoms with Gasteiger partial charge in [0.1, 0.15) is 0 Å². The van der Waals surface area contributed by atoms with Gasteiger partial charge in [0.2, 0.25) is 0 Å². The first kappa shape index (κ1) is 14.5. The Morgan fingerprint density at radius 1 is 1.29 bits per heavy atom. The fourth-order valence-electron chi connectivity index (χ4n) is 1.34. The summed E-state index contributed by atoms with van der Waals surface area (Å²) in [6, 6.07) is 6.62. The molecule has 96 valence electrons. The van der Waals surface area contributed by atoms with E-state index in [9.17, 15) is 8.42 Å². The maximum atomic E-state index is 11.9. The third-order valence-corrected chi connectivity index (χ3v) is 4.63. The van der Waals surface area contributed by atoms with E-state index in [1.54, 1.807) is 24.3 Å². The molecule has 0 radical (unpaired) electrons. The average Bonchev–Trinajstić information content (AvgIpc) is 2.29. The second-order valence-corrected chi connectivity index (χ2v) is 6.58. The topological polar surface area (TPSA) is 46.2 Å². The minimum Gasteiger partial charge on any atom is -0.313 e. The van der Waals surface area contributed by atoms with Crippen molar-refractivity contribution in [2.24, 2.45) is 0 Å². The first-order valence-corrected chi connectivity index (χ1v) is 7.70. The van der Waals surface area contributed by atoms with Gasteiger partial charge in [0, 0.05) is 17.6 Å². The lowest BCUT2D eigenvalue weighted by Crippen LogP contribution is -2.30. The fraction of sp³-hybridized carbons (Fsp3) is 0.500. The van der Waals surface area contributed by atoms with E-state index < -0.39 is 9.84 Å². The highest BCUT2D eigenvalue weighted by molar-refractivity contribution is 7.91. The molecule has 0 bridgehead atoms. The van der Waals surface area contributed by atoms with Gasteiger partial charge in [-0.1, -0.05) is 18.5 Å². The summed E-state index contributed by atoms with van der Waals surface area (Å²) in [6.45, 7) is 4.57. The summed E-state index contributed by atoms with van der Waals surface area (Å²) in [5, 5.41) is 3.71. The van der Waals surface area contributed by atoms with Crippen molar-refractivity contribution in [1.29, 1.82) is 0 Å². The van der Waals surface area contributed by atoms with E-state index in [0.717, 1.165) is 6.42 Å². The average molecular weight is 276 g/mol. The molecular weight excluding hydrogens is 258 g/mol. The van der Waals surface area contributed by atoms with Crippen molar-refractivity contribution >= 4 is 21.4 Å². The molecule has 0 saturated heterocycles. The lowest BCUT2D eigenvalue weighted by atomic mass is 10.3. The molecule has 0 heterocycles. The molecule has 0 aliphatic carbocycles. The quantitative estimate of drug-likeness (QED) is 0.868. The van der Waals surface area contributed by atoms with Gasteiger partial charge in [-0.2, -0.15) is 0 Å². The van der Waals surface area contributed by atoms with E-state index in [0.29, 0.717) is 22.5 Å². The minimum absolute atomic E-state index is 0.110. The van der Waals surface area contributed by atoms with Gasteiger partial charge in [0.25, 0.3) is 0 Å². The molecule has 17 heavy (non-hydrogen) atoms. The summed E-state index contributed by atoms with van der Waals surface area (Å²) < 4.78 is 23.9. The molecule has 3 nitrogen and oxygen atoms in total. The second kappa shape index (κ2) is 6.38. The SMILES string of the molecule is CCC(C)NCCS(=O)(=O)c1ccc(Cl)cc1. The van der Waals surface area contributed by atoms with Crippen LogP contribution in [0.5, 0.6) is 0 Å². The Kier molecular flexibility index (Phi) is 5.43. The van der Waals surface area contributed by atoms with Crippen LogP contribution in [0.15, 0.2) is 29.2 Å². The smallest absolute Gasteiger partial charge is 0.179 e. The Hall–Kier alpha value is -0.580. The van der Waals surface area contributed by atoms with Crippen LogP contribution in [0.2, 0.25) is 5.02 Å². The highest BCUT2D eigenvalue weighted by atomic mass is 35.5. The van der Waals surface area contributed by atoms with Gasteiger partial charge in [0.15, 0.2) is 9.84 Å². The van der Waals surface area contributed by atoms with Crippen LogP contribution < -0.4 is 5.32 Å². The molecule has 1 unspecified atom stereocenters. The van der Waals surface area contributed by atoms with Crippen LogP contribution in [0.1, 0.15) is 20.3 Å². The summed E-state index contributed by atoms with van der Waals surface area (Å²) in [4.78, 5) is 0.327. The summed E-state index contributed by atoms with van der Waals surface area (Å²) >= 11 is 5.72. The van der Waals surface area contributed by atoms with Crippen LogP contribution in [0.4, 0.5) is 0 Å². The van der Waals surface area contributed by atoms with Gasteiger partial charge < -0.3 is 5.32 Å². The largest absolute Gasteiger partial charge is 0.313 e. The van der Waals surface area contributed by atoms with Crippen molar-refractivity contribution < 1.29 is 8.42 Å². The fourth-order valence-corrected chi connectivity index (χ4v) is 2.64. The van der Waals surface area contributed by atoms with E-state index in [-0.39, 0.29) is 5.75 Å². The Morgan fingerprint density at radius 3 is 2.41 bits per heavy atom. The van der Waals surface area contributed by atoms with Crippen LogP contribution in [0, 0.1) is 0 Å². The lowest BCUT2D eigenvalue weighted by molar-refractivity contribution is 0.544. The summed E-state index contributed by atoms with van der Waals surface area (Å²) in [6.07, 6.45) is 0.987. The molecule has 0 fully saturated rings. The van der Waals surface area contributed by atoms with Crippen molar-refractivity contribution in [3.05, 3.63) is 29.3 Å². The van der Waals surface area contributed by atoms with Crippen molar-refractivity contribution in [2.75, 3.05) is 12.3 Å². The normalized spacial score (nSPS) is 13.6. The Bertz CT molecular complexity index is 442. The van der Waals surface area contributed by atoms with Crippen molar-refractivity contribution in [1.82, 2.24) is 5.32 Å². The molecule has 1 aromatic rings. The van der Waals surface area contributed by atoms with Crippen molar-refractivity contribution in [3.8, 4) is 0 Å². The number of sulfone groups is 1. The van der Waals surface area contributed by atoms with Gasteiger partial charge in [0.05, 0.1) is 10.6 Å². The van der Waals surface area contributed by atoms with E-state index in [4.69, 9.17) is 11.6 Å². The Labute approximate surface area is 108 Å². The van der Waals surface area contributed by atoms with E-state index >= 15 is 0 Å². The second-order valence-electron chi connectivity index (χ2n) is 4.04. The predicted octanol–water partition coefficient (Wildman–Crippen LogP) is 2.50. The standard InChI is InChI=1S/C12H18ClNO2S/c1-3-10(2)14-8-9-17(15,16)12-6-4-11(13)5-7-12/h4-7,10,14H,3,8-9H2,1-2H3. The summed E-state index contributed by atoms with van der Waals surface area (Å²) in [5.74, 6) is 0.110. The van der Waals surface area contributed by atoms with Crippen LogP contribution in [-0.2, 0) is 9.84 Å². The van der Waals surface area contributed by atoms with E-state index in [2.05, 4.69) is 12.2 Å². The van der Waals surface area contributed by atoms with Crippen molar-refractivity contribution in [3.63, 3.8) is 0 Å². The Balaban J connectivity index is 2.60. The maximum Gasteiger partial charge on any atom is 0.179 e. The van der Waals surface area contributed by atoms with Gasteiger partial charge in [-0.25, -0.2) is 8.42 Å². The molecular formula is C12H18ClNO2S. The van der Waals surface area contributed by atoms with Crippen LogP contribution in [0.3, 0.4) is 0 Å². The predicted molar refractivity (Wildman–Crippen MR) is 71.3 cm³/mol. The summed E-state index contributed by atoms with van der Waals surface area (Å²) in [5.41, 5.74) is 0. The van der Waals surface area contributed by atoms with Gasteiger partial charge in [-0.05, 0) is 37.6 Å². The van der Waals surface area contributed by atoms with E-state index in [1.165, 1.54) is 0 Å². The molecule has 0 amide bonds. The molecule has 0 saturated carbocycles. The zero-order chi connectivity index (χ0) is 12.9. The zero-order valence-corrected chi connectivity index (χ0v) is 11.7. The third-order valence-electron chi connectivity index (χ3n) is 2.65. The zero-order valence-electron chi connectivity index (χ0n) is 10.1. The van der Waals surface area contributed by atoms with Crippen LogP contribution >= 0.6 is 11.6 Å². The molecule has 1 N–H and O–H groups in total. The minimum atomic E-state index is -3.20. The molecule has 0 spiro atoms. The molecule has 5 heteroatoms. The van der Waals surface area contributed by atoms with Crippen LogP contribution in [-0.4, -0.2) is 26.8 Å². The first-order chi connectivity index (χ1) is 7.95. The number of nitrogens with one attached hydrogen (secondary N) is 1. The molecule has 0 aromatic heterocycles. The number of halogens is 1. The van der Waals surface area contributed by atoms with Gasteiger partial charge in [-0.3, -0.25) is 0 Å². The highest BCUT2D eigenvalue weighted by Crippen LogP contribution is 2.15. The van der Waals surface area contributed by atoms with Gasteiger partial charge in [-0.15, -0.1) is 0 Å². The number of hydrogen-bond donors (Lipinski definition) is 1. The highest BCUT2D eigenvalue weighted by Gasteiger charge is 2.13. The molecule has 0 aliphatic heterocycles. The summed E-state index contributed by atoms with van der Waals surface area (Å²) in [7, 11) is -3.20. The number of benzene rings is 1. The number of rotatable bonds is 6. The Morgan fingerprint density at radius 2 is 1.88 bits per heavy atom. The van der Waals surface area contributed by atoms with Crippen molar-refractivity contribution in [2.45, 2.75) is 31.2 Å². The number of hydrogen-bond acceptors (Lipinski definition) is 3. The molecule has 1 rings (SSSR count).